The van der Waals surface area contributed by atoms with Gasteiger partial charge in [-0.2, -0.15) is 0 Å². The number of methoxy groups -OCH3 is 3. The molecule has 1 heterocycles. The number of esters is 1. The Morgan fingerprint density at radius 1 is 1.02 bits per heavy atom. The molecule has 1 unspecified atom stereocenters. The number of Topliss-reactive ketones (excluding diaryl/α,β-unsaturated/α-hetero) is 1. The topological polar surface area (TPSA) is 184 Å². The van der Waals surface area contributed by atoms with Crippen molar-refractivity contribution in [2.24, 2.45) is 0 Å². The quantitative estimate of drug-likeness (QED) is 0.114. The predicted octanol–water partition coefficient (Wildman–Crippen LogP) is 6.39. The molecule has 2 atom stereocenters. The normalized spacial score (nSPS) is 16.5. The van der Waals surface area contributed by atoms with Gasteiger partial charge in [-0.3, -0.25) is 19.7 Å². The van der Waals surface area contributed by atoms with Crippen LogP contribution < -0.4 is 19.5 Å². The number of phenolic OH excluding ortho intramolecular Hbond substituents is 2. The van der Waals surface area contributed by atoms with Crippen molar-refractivity contribution >= 4 is 29.4 Å². The van der Waals surface area contributed by atoms with Gasteiger partial charge in [-0.1, -0.05) is 24.3 Å². The van der Waals surface area contributed by atoms with Crippen molar-refractivity contribution in [2.75, 3.05) is 27.9 Å². The summed E-state index contributed by atoms with van der Waals surface area (Å²) >= 11 is 0. The molecule has 1 aliphatic heterocycles. The lowest BCUT2D eigenvalue weighted by Gasteiger charge is -2.23. The first-order chi connectivity index (χ1) is 24.5. The number of nitro groups is 1. The van der Waals surface area contributed by atoms with Gasteiger partial charge in [-0.25, -0.2) is 4.79 Å². The van der Waals surface area contributed by atoms with E-state index in [-0.39, 0.29) is 59.0 Å². The van der Waals surface area contributed by atoms with E-state index < -0.39 is 34.6 Å². The first-order valence-electron chi connectivity index (χ1n) is 16.7. The highest BCUT2D eigenvalue weighted by Crippen LogP contribution is 2.44. The second kappa shape index (κ2) is 17.9. The molecule has 13 nitrogen and oxygen atoms in total. The Morgan fingerprint density at radius 2 is 1.71 bits per heavy atom. The summed E-state index contributed by atoms with van der Waals surface area (Å²) in [5, 5.41) is 37.7. The Hall–Kier alpha value is -5.59. The number of ketones is 1. The lowest BCUT2D eigenvalue weighted by Crippen LogP contribution is -2.27. The summed E-state index contributed by atoms with van der Waals surface area (Å²) in [7, 11) is 4.29. The van der Waals surface area contributed by atoms with Crippen LogP contribution in [0.25, 0.3) is 6.08 Å². The number of carbonyl (C=O) groups excluding carboxylic acids is 3. The number of nitrogens with one attached hydrogen (secondary N) is 1. The van der Waals surface area contributed by atoms with Crippen LogP contribution in [-0.2, 0) is 20.7 Å². The highest BCUT2D eigenvalue weighted by Gasteiger charge is 2.31. The van der Waals surface area contributed by atoms with Gasteiger partial charge in [0.15, 0.2) is 11.5 Å². The average Bonchev–Trinajstić information content (AvgIpc) is 3.10. The summed E-state index contributed by atoms with van der Waals surface area (Å²) in [6.07, 6.45) is 5.63. The molecule has 0 saturated heterocycles. The molecule has 3 aromatic rings. The molecule has 1 aliphatic rings. The summed E-state index contributed by atoms with van der Waals surface area (Å²) < 4.78 is 21.5. The number of phenols is 2. The van der Waals surface area contributed by atoms with Gasteiger partial charge >= 0.3 is 5.97 Å². The molecule has 0 saturated carbocycles. The molecule has 1 amide bonds. The monoisotopic (exact) mass is 704 g/mol. The van der Waals surface area contributed by atoms with Crippen LogP contribution in [0, 0.1) is 10.1 Å². The van der Waals surface area contributed by atoms with Crippen LogP contribution in [0.1, 0.15) is 90.4 Å². The van der Waals surface area contributed by atoms with E-state index in [1.807, 2.05) is 0 Å². The Labute approximate surface area is 296 Å². The van der Waals surface area contributed by atoms with E-state index in [4.69, 9.17) is 18.9 Å². The molecule has 0 bridgehead atoms. The number of allylic oxidation sites excluding steroid dienone is 1. The zero-order chi connectivity index (χ0) is 37.1. The zero-order valence-corrected chi connectivity index (χ0v) is 29.2. The van der Waals surface area contributed by atoms with Gasteiger partial charge in [0.05, 0.1) is 38.4 Å². The molecule has 51 heavy (non-hydrogen) atoms. The molecule has 272 valence electrons. The summed E-state index contributed by atoms with van der Waals surface area (Å²) in [6, 6.07) is 10.8. The number of hydrogen-bond donors (Lipinski definition) is 3. The zero-order valence-electron chi connectivity index (χ0n) is 29.2. The highest BCUT2D eigenvalue weighted by molar-refractivity contribution is 5.98. The molecule has 0 radical (unpaired) electrons. The van der Waals surface area contributed by atoms with Crippen LogP contribution in [-0.4, -0.2) is 66.8 Å². The minimum Gasteiger partial charge on any atom is -0.507 e. The smallest absolute Gasteiger partial charge is 0.342 e. The fourth-order valence-electron chi connectivity index (χ4n) is 6.12. The maximum atomic E-state index is 13.6. The van der Waals surface area contributed by atoms with Crippen molar-refractivity contribution in [1.82, 2.24) is 5.32 Å². The van der Waals surface area contributed by atoms with E-state index in [1.54, 1.807) is 43.3 Å². The number of aromatic hydroxyl groups is 2. The lowest BCUT2D eigenvalue weighted by atomic mass is 9.84. The van der Waals surface area contributed by atoms with Crippen molar-refractivity contribution in [3.63, 3.8) is 0 Å². The third-order valence-corrected chi connectivity index (χ3v) is 8.81. The van der Waals surface area contributed by atoms with E-state index in [1.165, 1.54) is 39.5 Å². The standard InChI is InChI=1S/C38H44N2O11/c1-23-9-8-12-27(41)11-7-5-6-10-26-19-31(42)36(37(44)35(26)38(45)51-23)29(24-13-15-28(48-2)16-14-24)21-34(43)39-18-17-25-20-32(49-3)33(50-4)22-30(25)40(46)47/h6,10,13-16,19-20,22-23,29,42,44H,5,7-9,11-12,17-18,21H2,1-4H3,(H,39,43)/b10-6+/t23-,29?/m0/s1. The third-order valence-electron chi connectivity index (χ3n) is 8.81. The molecular formula is C38H44N2O11. The number of rotatable bonds is 11. The first kappa shape index (κ1) is 38.2. The minimum atomic E-state index is -0.940. The van der Waals surface area contributed by atoms with Gasteiger partial charge in [0.2, 0.25) is 5.91 Å². The van der Waals surface area contributed by atoms with Crippen LogP contribution in [0.5, 0.6) is 28.7 Å². The SMILES string of the molecule is COc1ccc(C(CC(=O)NCCc2cc(OC)c(OC)cc2[N+](=O)[O-])c2c(O)cc3c(c2O)C(=O)O[C@@H](C)CCCC(=O)CCC/C=C/3)cc1. The fraction of sp³-hybridized carbons (Fsp3) is 0.395. The van der Waals surface area contributed by atoms with E-state index in [2.05, 4.69) is 5.32 Å². The molecular weight excluding hydrogens is 660 g/mol. The maximum absolute atomic E-state index is 13.6. The molecule has 0 aliphatic carbocycles. The van der Waals surface area contributed by atoms with Crippen LogP contribution >= 0.6 is 0 Å². The Bertz CT molecular complexity index is 1770. The van der Waals surface area contributed by atoms with E-state index in [9.17, 15) is 34.7 Å². The third kappa shape index (κ3) is 9.77. The summed E-state index contributed by atoms with van der Waals surface area (Å²) in [5.41, 5.74) is 0.687. The summed E-state index contributed by atoms with van der Waals surface area (Å²) in [6.45, 7) is 1.73. The van der Waals surface area contributed by atoms with E-state index in [0.717, 1.165) is 0 Å². The highest BCUT2D eigenvalue weighted by atomic mass is 16.6. The molecule has 4 rings (SSSR count). The van der Waals surface area contributed by atoms with Crippen molar-refractivity contribution in [3.05, 3.63) is 86.5 Å². The van der Waals surface area contributed by atoms with Gasteiger partial charge in [0, 0.05) is 42.9 Å². The Balaban J connectivity index is 1.69. The number of nitro benzene ring substituents is 1. The number of ether oxygens (including phenoxy) is 4. The first-order valence-corrected chi connectivity index (χ1v) is 16.7. The minimum absolute atomic E-state index is 0.0211. The summed E-state index contributed by atoms with van der Waals surface area (Å²) in [5.74, 6) is -1.91. The number of cyclic esters (lactones) is 1. The Morgan fingerprint density at radius 3 is 2.37 bits per heavy atom. The van der Waals surface area contributed by atoms with Crippen LogP contribution in [0.4, 0.5) is 5.69 Å². The second-order valence-corrected chi connectivity index (χ2v) is 12.3. The molecule has 0 fully saturated rings. The molecule has 13 heteroatoms. The van der Waals surface area contributed by atoms with Crippen molar-refractivity contribution < 1.29 is 48.5 Å². The van der Waals surface area contributed by atoms with E-state index in [0.29, 0.717) is 61.2 Å². The fourth-order valence-corrected chi connectivity index (χ4v) is 6.12. The molecule has 0 aromatic heterocycles. The van der Waals surface area contributed by atoms with Gasteiger partial charge in [-0.15, -0.1) is 0 Å². The van der Waals surface area contributed by atoms with Gasteiger partial charge in [-0.05, 0) is 74.4 Å². The maximum Gasteiger partial charge on any atom is 0.342 e. The van der Waals surface area contributed by atoms with Gasteiger partial charge in [0.25, 0.3) is 5.69 Å². The van der Waals surface area contributed by atoms with Crippen molar-refractivity contribution in [3.8, 4) is 28.7 Å². The number of carbonyl (C=O) groups is 3. The number of amides is 1. The lowest BCUT2D eigenvalue weighted by molar-refractivity contribution is -0.385. The largest absolute Gasteiger partial charge is 0.507 e. The van der Waals surface area contributed by atoms with Crippen molar-refractivity contribution in [1.29, 1.82) is 0 Å². The number of benzene rings is 3. The van der Waals surface area contributed by atoms with E-state index >= 15 is 0 Å². The Kier molecular flexibility index (Phi) is 13.4. The van der Waals surface area contributed by atoms with Crippen molar-refractivity contribution in [2.45, 2.75) is 70.3 Å². The second-order valence-electron chi connectivity index (χ2n) is 12.3. The van der Waals surface area contributed by atoms with Gasteiger partial charge in [0.1, 0.15) is 28.6 Å². The number of hydrogen-bond acceptors (Lipinski definition) is 11. The molecule has 3 aromatic carbocycles. The molecule has 3 N–H and O–H groups in total. The number of fused-ring (bicyclic) bond motifs is 1. The van der Waals surface area contributed by atoms with Gasteiger partial charge < -0.3 is 34.5 Å². The predicted molar refractivity (Wildman–Crippen MR) is 189 cm³/mol. The molecule has 0 spiro atoms. The summed E-state index contributed by atoms with van der Waals surface area (Å²) in [4.78, 5) is 50.5. The van der Waals surface area contributed by atoms with Crippen LogP contribution in [0.3, 0.4) is 0 Å². The van der Waals surface area contributed by atoms with Crippen LogP contribution in [0.15, 0.2) is 48.5 Å². The average molecular weight is 705 g/mol. The van der Waals surface area contributed by atoms with Crippen LogP contribution in [0.2, 0.25) is 0 Å². The number of nitrogens with zero attached hydrogens (tertiary/aromatic N) is 1.